The second kappa shape index (κ2) is 7.53. The molecule has 0 atom stereocenters. The van der Waals surface area contributed by atoms with Crippen molar-refractivity contribution in [3.05, 3.63) is 0 Å². The summed E-state index contributed by atoms with van der Waals surface area (Å²) in [7, 11) is 0. The molecule has 0 aromatic heterocycles. The summed E-state index contributed by atoms with van der Waals surface area (Å²) in [4.78, 5) is 11.0. The highest BCUT2D eigenvalue weighted by atomic mass is 19.3. The molecule has 0 fully saturated rings. The van der Waals surface area contributed by atoms with E-state index < -0.39 is 25.0 Å². The normalized spacial score (nSPS) is 11.5. The van der Waals surface area contributed by atoms with E-state index in [-0.39, 0.29) is 6.42 Å². The van der Waals surface area contributed by atoms with Crippen molar-refractivity contribution in [1.29, 1.82) is 0 Å². The number of carbonyl (C=O) groups excluding carboxylic acids is 1. The van der Waals surface area contributed by atoms with E-state index >= 15 is 0 Å². The van der Waals surface area contributed by atoms with Gasteiger partial charge in [0.2, 0.25) is 5.91 Å². The molecule has 0 aliphatic carbocycles. The molecule has 0 radical (unpaired) electrons. The molecule has 4 nitrogen and oxygen atoms in total. The first-order valence-electron chi connectivity index (χ1n) is 4.85. The van der Waals surface area contributed by atoms with E-state index in [4.69, 9.17) is 9.84 Å². The number of rotatable bonds is 8. The van der Waals surface area contributed by atoms with Gasteiger partial charge in [0.15, 0.2) is 0 Å². The molecule has 0 unspecified atom stereocenters. The van der Waals surface area contributed by atoms with Crippen LogP contribution in [0, 0.1) is 0 Å². The highest BCUT2D eigenvalue weighted by Crippen LogP contribution is 2.09. The highest BCUT2D eigenvalue weighted by molar-refractivity contribution is 5.75. The SMILES string of the molecule is CCOCCCC(=O)NCC(F)(F)CO. The van der Waals surface area contributed by atoms with Gasteiger partial charge in [-0.2, -0.15) is 0 Å². The maximum absolute atomic E-state index is 12.5. The topological polar surface area (TPSA) is 58.6 Å². The van der Waals surface area contributed by atoms with Crippen LogP contribution in [0.1, 0.15) is 19.8 Å². The standard InChI is InChI=1S/C9H17F2NO3/c1-2-15-5-3-4-8(14)12-6-9(10,11)7-13/h13H,2-7H2,1H3,(H,12,14). The molecular weight excluding hydrogens is 208 g/mol. The van der Waals surface area contributed by atoms with Crippen LogP contribution >= 0.6 is 0 Å². The van der Waals surface area contributed by atoms with E-state index in [1.54, 1.807) is 0 Å². The Balaban J connectivity index is 3.49. The van der Waals surface area contributed by atoms with E-state index in [9.17, 15) is 13.6 Å². The lowest BCUT2D eigenvalue weighted by Gasteiger charge is -2.13. The summed E-state index contributed by atoms with van der Waals surface area (Å²) in [6, 6.07) is 0. The maximum Gasteiger partial charge on any atom is 0.287 e. The van der Waals surface area contributed by atoms with E-state index in [1.165, 1.54) is 0 Å². The fourth-order valence-corrected chi connectivity index (χ4v) is 0.851. The van der Waals surface area contributed by atoms with Crippen molar-refractivity contribution in [2.75, 3.05) is 26.4 Å². The number of amides is 1. The summed E-state index contributed by atoms with van der Waals surface area (Å²) < 4.78 is 29.9. The molecule has 2 N–H and O–H groups in total. The Labute approximate surface area is 87.6 Å². The third kappa shape index (κ3) is 8.26. The van der Waals surface area contributed by atoms with Crippen molar-refractivity contribution in [2.45, 2.75) is 25.7 Å². The van der Waals surface area contributed by atoms with Gasteiger partial charge in [-0.15, -0.1) is 0 Å². The minimum absolute atomic E-state index is 0.154. The number of hydrogen-bond acceptors (Lipinski definition) is 3. The zero-order valence-electron chi connectivity index (χ0n) is 8.76. The molecule has 0 aromatic rings. The van der Waals surface area contributed by atoms with Crippen molar-refractivity contribution in [3.8, 4) is 0 Å². The number of ether oxygens (including phenoxy) is 1. The molecular formula is C9H17F2NO3. The quantitative estimate of drug-likeness (QED) is 0.593. The van der Waals surface area contributed by atoms with E-state index in [1.807, 2.05) is 12.2 Å². The Morgan fingerprint density at radius 3 is 2.73 bits per heavy atom. The smallest absolute Gasteiger partial charge is 0.287 e. The summed E-state index contributed by atoms with van der Waals surface area (Å²) in [5.41, 5.74) is 0. The van der Waals surface area contributed by atoms with Gasteiger partial charge in [-0.25, -0.2) is 8.78 Å². The molecule has 0 saturated heterocycles. The minimum atomic E-state index is -3.24. The number of nitrogens with one attached hydrogen (secondary N) is 1. The highest BCUT2D eigenvalue weighted by Gasteiger charge is 2.27. The van der Waals surface area contributed by atoms with Gasteiger partial charge in [-0.1, -0.05) is 0 Å². The van der Waals surface area contributed by atoms with Crippen LogP contribution in [-0.2, 0) is 9.53 Å². The van der Waals surface area contributed by atoms with Crippen LogP contribution in [0.5, 0.6) is 0 Å². The van der Waals surface area contributed by atoms with Gasteiger partial charge in [0, 0.05) is 19.6 Å². The molecule has 0 aliphatic rings. The molecule has 0 heterocycles. The second-order valence-electron chi connectivity index (χ2n) is 3.09. The van der Waals surface area contributed by atoms with Gasteiger partial charge >= 0.3 is 0 Å². The predicted octanol–water partition coefficient (Wildman–Crippen LogP) is 0.547. The fraction of sp³-hybridized carbons (Fsp3) is 0.889. The van der Waals surface area contributed by atoms with Gasteiger partial charge in [0.1, 0.15) is 6.61 Å². The van der Waals surface area contributed by atoms with Crippen LogP contribution in [0.25, 0.3) is 0 Å². The first kappa shape index (κ1) is 14.2. The van der Waals surface area contributed by atoms with E-state index in [0.717, 1.165) is 0 Å². The van der Waals surface area contributed by atoms with Crippen molar-refractivity contribution in [3.63, 3.8) is 0 Å². The number of aliphatic hydroxyl groups is 1. The molecule has 0 rings (SSSR count). The number of carbonyl (C=O) groups is 1. The van der Waals surface area contributed by atoms with E-state index in [0.29, 0.717) is 19.6 Å². The van der Waals surface area contributed by atoms with Gasteiger partial charge < -0.3 is 15.2 Å². The van der Waals surface area contributed by atoms with Gasteiger partial charge in [0.25, 0.3) is 5.92 Å². The fourth-order valence-electron chi connectivity index (χ4n) is 0.851. The van der Waals surface area contributed by atoms with E-state index in [2.05, 4.69) is 0 Å². The lowest BCUT2D eigenvalue weighted by atomic mass is 10.3. The average Bonchev–Trinajstić information content (AvgIpc) is 2.22. The maximum atomic E-state index is 12.5. The number of alkyl halides is 2. The monoisotopic (exact) mass is 225 g/mol. The van der Waals surface area contributed by atoms with Gasteiger partial charge in [-0.3, -0.25) is 4.79 Å². The van der Waals surface area contributed by atoms with Crippen molar-refractivity contribution >= 4 is 5.91 Å². The molecule has 1 amide bonds. The number of halogens is 2. The number of hydrogen-bond donors (Lipinski definition) is 2. The zero-order valence-corrected chi connectivity index (χ0v) is 8.76. The van der Waals surface area contributed by atoms with Crippen LogP contribution in [0.2, 0.25) is 0 Å². The van der Waals surface area contributed by atoms with Crippen LogP contribution in [0.4, 0.5) is 8.78 Å². The molecule has 0 bridgehead atoms. The lowest BCUT2D eigenvalue weighted by molar-refractivity contribution is -0.124. The Kier molecular flexibility index (Phi) is 7.15. The largest absolute Gasteiger partial charge is 0.390 e. The average molecular weight is 225 g/mol. The molecule has 0 spiro atoms. The Morgan fingerprint density at radius 1 is 1.53 bits per heavy atom. The Bertz CT molecular complexity index is 188. The molecule has 0 saturated carbocycles. The van der Waals surface area contributed by atoms with Crippen LogP contribution in [-0.4, -0.2) is 43.3 Å². The molecule has 0 aliphatic heterocycles. The Hall–Kier alpha value is -0.750. The molecule has 90 valence electrons. The summed E-state index contributed by atoms with van der Waals surface area (Å²) in [6.07, 6.45) is 0.659. The van der Waals surface area contributed by atoms with Crippen LogP contribution in [0.3, 0.4) is 0 Å². The van der Waals surface area contributed by atoms with Crippen LogP contribution in [0.15, 0.2) is 0 Å². The first-order valence-corrected chi connectivity index (χ1v) is 4.85. The molecule has 6 heteroatoms. The summed E-state index contributed by atoms with van der Waals surface area (Å²) in [5.74, 6) is -3.70. The predicted molar refractivity (Wildman–Crippen MR) is 50.8 cm³/mol. The van der Waals surface area contributed by atoms with Gasteiger partial charge in [-0.05, 0) is 13.3 Å². The third-order valence-corrected chi connectivity index (χ3v) is 1.67. The minimum Gasteiger partial charge on any atom is -0.390 e. The Morgan fingerprint density at radius 2 is 2.20 bits per heavy atom. The third-order valence-electron chi connectivity index (χ3n) is 1.67. The summed E-state index contributed by atoms with van der Waals surface area (Å²) in [6.45, 7) is 0.773. The van der Waals surface area contributed by atoms with Crippen molar-refractivity contribution in [1.82, 2.24) is 5.32 Å². The number of aliphatic hydroxyl groups excluding tert-OH is 1. The second-order valence-corrected chi connectivity index (χ2v) is 3.09. The lowest BCUT2D eigenvalue weighted by Crippen LogP contribution is -2.38. The van der Waals surface area contributed by atoms with Gasteiger partial charge in [0.05, 0.1) is 6.54 Å². The summed E-state index contributed by atoms with van der Waals surface area (Å²) >= 11 is 0. The van der Waals surface area contributed by atoms with Crippen molar-refractivity contribution in [2.24, 2.45) is 0 Å². The molecule has 15 heavy (non-hydrogen) atoms. The molecule has 0 aromatic carbocycles. The van der Waals surface area contributed by atoms with Crippen LogP contribution < -0.4 is 5.32 Å². The zero-order chi connectivity index (χ0) is 11.7. The summed E-state index contributed by atoms with van der Waals surface area (Å²) in [5, 5.41) is 10.3. The van der Waals surface area contributed by atoms with Crippen molar-refractivity contribution < 1.29 is 23.4 Å². The first-order chi connectivity index (χ1) is 7.02.